The van der Waals surface area contributed by atoms with Crippen molar-refractivity contribution < 1.29 is 4.79 Å². The van der Waals surface area contributed by atoms with Gasteiger partial charge < -0.3 is 0 Å². The number of pyridine rings is 1. The molecule has 2 heterocycles. The number of hydrogen-bond acceptors (Lipinski definition) is 5. The molecule has 20 heavy (non-hydrogen) atoms. The lowest BCUT2D eigenvalue weighted by atomic mass is 10.0. The second-order valence-corrected chi connectivity index (χ2v) is 4.42. The van der Waals surface area contributed by atoms with E-state index in [1.165, 1.54) is 4.68 Å². The van der Waals surface area contributed by atoms with Crippen LogP contribution in [0.25, 0.3) is 10.8 Å². The molecule has 0 bridgehead atoms. The van der Waals surface area contributed by atoms with Crippen molar-refractivity contribution in [3.05, 3.63) is 41.7 Å². The molecule has 1 amide bonds. The smallest absolute Gasteiger partial charge is 0.258 e. The van der Waals surface area contributed by atoms with Crippen molar-refractivity contribution in [2.24, 2.45) is 7.05 Å². The molecule has 0 unspecified atom stereocenters. The maximum atomic E-state index is 12.3. The van der Waals surface area contributed by atoms with Crippen LogP contribution in [0.1, 0.15) is 15.9 Å². The SMILES string of the molecule is Cc1c(C(=O)Nc2nnnn2C)ccc2cnccc12. The molecular weight excluding hydrogens is 256 g/mol. The fourth-order valence-corrected chi connectivity index (χ4v) is 2.07. The highest BCUT2D eigenvalue weighted by Gasteiger charge is 2.14. The van der Waals surface area contributed by atoms with Gasteiger partial charge in [0.15, 0.2) is 0 Å². The van der Waals surface area contributed by atoms with Gasteiger partial charge in [-0.25, -0.2) is 4.68 Å². The van der Waals surface area contributed by atoms with Crippen LogP contribution in [0.2, 0.25) is 0 Å². The molecule has 0 saturated heterocycles. The van der Waals surface area contributed by atoms with Crippen LogP contribution in [0.3, 0.4) is 0 Å². The Bertz CT molecular complexity index is 794. The van der Waals surface area contributed by atoms with Gasteiger partial charge in [-0.2, -0.15) is 0 Å². The van der Waals surface area contributed by atoms with Gasteiger partial charge in [0.1, 0.15) is 0 Å². The summed E-state index contributed by atoms with van der Waals surface area (Å²) in [6.07, 6.45) is 3.49. The Morgan fingerprint density at radius 3 is 2.90 bits per heavy atom. The summed E-state index contributed by atoms with van der Waals surface area (Å²) in [5.41, 5.74) is 1.49. The molecule has 1 aromatic carbocycles. The van der Waals surface area contributed by atoms with Gasteiger partial charge in [0.05, 0.1) is 0 Å². The van der Waals surface area contributed by atoms with Crippen molar-refractivity contribution in [3.8, 4) is 0 Å². The van der Waals surface area contributed by atoms with Crippen molar-refractivity contribution >= 4 is 22.6 Å². The molecule has 2 aromatic heterocycles. The normalized spacial score (nSPS) is 10.7. The number of nitrogens with one attached hydrogen (secondary N) is 1. The molecule has 7 heteroatoms. The minimum atomic E-state index is -0.237. The summed E-state index contributed by atoms with van der Waals surface area (Å²) >= 11 is 0. The fraction of sp³-hybridized carbons (Fsp3) is 0.154. The molecule has 100 valence electrons. The minimum Gasteiger partial charge on any atom is -0.289 e. The first-order valence-corrected chi connectivity index (χ1v) is 6.04. The molecule has 0 aliphatic rings. The molecule has 3 aromatic rings. The topological polar surface area (TPSA) is 85.6 Å². The Morgan fingerprint density at radius 2 is 2.15 bits per heavy atom. The van der Waals surface area contributed by atoms with E-state index >= 15 is 0 Å². The van der Waals surface area contributed by atoms with Gasteiger partial charge in [-0.15, -0.1) is 0 Å². The fourth-order valence-electron chi connectivity index (χ4n) is 2.07. The van der Waals surface area contributed by atoms with E-state index in [4.69, 9.17) is 0 Å². The molecule has 7 nitrogen and oxygen atoms in total. The highest BCUT2D eigenvalue weighted by atomic mass is 16.1. The quantitative estimate of drug-likeness (QED) is 0.757. The van der Waals surface area contributed by atoms with Gasteiger partial charge in [0.2, 0.25) is 5.95 Å². The maximum Gasteiger partial charge on any atom is 0.258 e. The zero-order valence-corrected chi connectivity index (χ0v) is 11.0. The summed E-state index contributed by atoms with van der Waals surface area (Å²) < 4.78 is 1.40. The minimum absolute atomic E-state index is 0.237. The van der Waals surface area contributed by atoms with Gasteiger partial charge in [-0.05, 0) is 40.4 Å². The van der Waals surface area contributed by atoms with Crippen molar-refractivity contribution in [3.63, 3.8) is 0 Å². The van der Waals surface area contributed by atoms with Crippen molar-refractivity contribution in [2.75, 3.05) is 5.32 Å². The van der Waals surface area contributed by atoms with Gasteiger partial charge >= 0.3 is 0 Å². The predicted molar refractivity (Wildman–Crippen MR) is 73.2 cm³/mol. The van der Waals surface area contributed by atoms with Crippen LogP contribution in [-0.4, -0.2) is 31.1 Å². The summed E-state index contributed by atoms with van der Waals surface area (Å²) in [6, 6.07) is 5.54. The average molecular weight is 268 g/mol. The number of nitrogens with zero attached hydrogens (tertiary/aromatic N) is 5. The van der Waals surface area contributed by atoms with Gasteiger partial charge in [-0.3, -0.25) is 15.1 Å². The number of benzene rings is 1. The molecule has 0 radical (unpaired) electrons. The Labute approximate surface area is 114 Å². The Balaban J connectivity index is 2.00. The Kier molecular flexibility index (Phi) is 2.86. The number of carbonyl (C=O) groups excluding carboxylic acids is 1. The maximum absolute atomic E-state index is 12.3. The molecule has 1 N–H and O–H groups in total. The first kappa shape index (κ1) is 12.2. The number of amides is 1. The lowest BCUT2D eigenvalue weighted by Crippen LogP contribution is -2.16. The van der Waals surface area contributed by atoms with Gasteiger partial charge in [0.25, 0.3) is 5.91 Å². The second kappa shape index (κ2) is 4.69. The van der Waals surface area contributed by atoms with E-state index in [2.05, 4.69) is 25.8 Å². The molecule has 0 atom stereocenters. The first-order valence-electron chi connectivity index (χ1n) is 6.04. The lowest BCUT2D eigenvalue weighted by Gasteiger charge is -2.08. The van der Waals surface area contributed by atoms with E-state index in [1.54, 1.807) is 25.5 Å². The van der Waals surface area contributed by atoms with Gasteiger partial charge in [-0.1, -0.05) is 11.2 Å². The number of anilines is 1. The average Bonchev–Trinajstić information content (AvgIpc) is 2.85. The Hall–Kier alpha value is -2.83. The van der Waals surface area contributed by atoms with Crippen LogP contribution in [0, 0.1) is 6.92 Å². The molecule has 0 aliphatic heterocycles. The number of carbonyl (C=O) groups is 1. The molecule has 3 rings (SSSR count). The first-order chi connectivity index (χ1) is 9.66. The largest absolute Gasteiger partial charge is 0.289 e. The van der Waals surface area contributed by atoms with Crippen LogP contribution in [0.5, 0.6) is 0 Å². The predicted octanol–water partition coefficient (Wildman–Crippen LogP) is 1.32. The van der Waals surface area contributed by atoms with E-state index in [1.807, 2.05) is 19.1 Å². The Morgan fingerprint density at radius 1 is 1.30 bits per heavy atom. The van der Waals surface area contributed by atoms with E-state index in [-0.39, 0.29) is 5.91 Å². The standard InChI is InChI=1S/C13H12N6O/c1-8-10-5-6-14-7-9(10)3-4-11(8)12(20)15-13-16-17-18-19(13)2/h3-7H,1-2H3,(H,15,16,18,20). The van der Waals surface area contributed by atoms with Crippen LogP contribution in [-0.2, 0) is 7.05 Å². The van der Waals surface area contributed by atoms with Crippen molar-refractivity contribution in [1.82, 2.24) is 25.2 Å². The third-order valence-corrected chi connectivity index (χ3v) is 3.18. The number of hydrogen-bond donors (Lipinski definition) is 1. The summed E-state index contributed by atoms with van der Waals surface area (Å²) in [7, 11) is 1.66. The van der Waals surface area contributed by atoms with E-state index in [9.17, 15) is 4.79 Å². The van der Waals surface area contributed by atoms with Crippen LogP contribution < -0.4 is 5.32 Å². The molecule has 0 saturated carbocycles. The van der Waals surface area contributed by atoms with Crippen LogP contribution >= 0.6 is 0 Å². The zero-order valence-electron chi connectivity index (χ0n) is 11.0. The number of tetrazole rings is 1. The van der Waals surface area contributed by atoms with Crippen molar-refractivity contribution in [2.45, 2.75) is 6.92 Å². The highest BCUT2D eigenvalue weighted by molar-refractivity contribution is 6.07. The second-order valence-electron chi connectivity index (χ2n) is 4.42. The summed E-state index contributed by atoms with van der Waals surface area (Å²) in [5.74, 6) is 0.0725. The molecule has 0 aliphatic carbocycles. The van der Waals surface area contributed by atoms with E-state index < -0.39 is 0 Å². The summed E-state index contributed by atoms with van der Waals surface area (Å²) in [4.78, 5) is 16.4. The zero-order chi connectivity index (χ0) is 14.1. The third kappa shape index (κ3) is 1.99. The van der Waals surface area contributed by atoms with E-state index in [0.29, 0.717) is 11.5 Å². The third-order valence-electron chi connectivity index (χ3n) is 3.18. The molecular formula is C13H12N6O. The number of fused-ring (bicyclic) bond motifs is 1. The van der Waals surface area contributed by atoms with Gasteiger partial charge in [0, 0.05) is 30.4 Å². The van der Waals surface area contributed by atoms with Crippen LogP contribution in [0.4, 0.5) is 5.95 Å². The highest BCUT2D eigenvalue weighted by Crippen LogP contribution is 2.21. The number of rotatable bonds is 2. The number of aromatic nitrogens is 5. The van der Waals surface area contributed by atoms with Crippen molar-refractivity contribution in [1.29, 1.82) is 0 Å². The number of aryl methyl sites for hydroxylation is 2. The lowest BCUT2D eigenvalue weighted by molar-refractivity contribution is 0.102. The molecule has 0 fully saturated rings. The van der Waals surface area contributed by atoms with E-state index in [0.717, 1.165) is 16.3 Å². The molecule has 0 spiro atoms. The summed E-state index contributed by atoms with van der Waals surface area (Å²) in [6.45, 7) is 1.91. The summed E-state index contributed by atoms with van der Waals surface area (Å²) in [5, 5.41) is 15.6. The van der Waals surface area contributed by atoms with Crippen LogP contribution in [0.15, 0.2) is 30.6 Å². The monoisotopic (exact) mass is 268 g/mol.